The Balaban J connectivity index is 1.57. The molecular weight excluding hydrogens is 348 g/mol. The molecule has 0 aromatic heterocycles. The Labute approximate surface area is 158 Å². The molecule has 3 rings (SSSR count). The lowest BCUT2D eigenvalue weighted by Crippen LogP contribution is -2.34. The number of carbonyl (C=O) groups excluding carboxylic acids is 3. The Kier molecular flexibility index (Phi) is 5.48. The maximum atomic E-state index is 12.3. The van der Waals surface area contributed by atoms with Crippen LogP contribution in [-0.4, -0.2) is 37.7 Å². The van der Waals surface area contributed by atoms with Gasteiger partial charge >= 0.3 is 18.0 Å². The molecule has 2 N–H and O–H groups in total. The van der Waals surface area contributed by atoms with Crippen molar-refractivity contribution in [1.82, 2.24) is 5.32 Å². The van der Waals surface area contributed by atoms with Crippen LogP contribution in [0.2, 0.25) is 0 Å². The van der Waals surface area contributed by atoms with Crippen molar-refractivity contribution in [2.75, 3.05) is 25.1 Å². The van der Waals surface area contributed by atoms with E-state index in [1.54, 1.807) is 19.1 Å². The van der Waals surface area contributed by atoms with Gasteiger partial charge < -0.3 is 20.1 Å². The Morgan fingerprint density at radius 1 is 1.33 bits per heavy atom. The molecule has 1 aromatic rings. The van der Waals surface area contributed by atoms with Crippen LogP contribution in [0.25, 0.3) is 0 Å². The first-order valence-corrected chi connectivity index (χ1v) is 9.06. The molecule has 2 aliphatic rings. The fourth-order valence-electron chi connectivity index (χ4n) is 3.87. The Morgan fingerprint density at radius 2 is 2.07 bits per heavy atom. The summed E-state index contributed by atoms with van der Waals surface area (Å²) in [4.78, 5) is 35.4. The van der Waals surface area contributed by atoms with Crippen LogP contribution in [0.15, 0.2) is 36.4 Å². The minimum atomic E-state index is -0.497. The zero-order chi connectivity index (χ0) is 19.4. The fourth-order valence-corrected chi connectivity index (χ4v) is 3.87. The van der Waals surface area contributed by atoms with Gasteiger partial charge in [0, 0.05) is 11.6 Å². The number of esters is 2. The van der Waals surface area contributed by atoms with Crippen LogP contribution in [0.3, 0.4) is 0 Å². The van der Waals surface area contributed by atoms with E-state index in [4.69, 9.17) is 9.47 Å². The molecule has 1 heterocycles. The molecule has 0 bridgehead atoms. The van der Waals surface area contributed by atoms with Gasteiger partial charge in [-0.15, -0.1) is 0 Å². The molecule has 2 fully saturated rings. The Morgan fingerprint density at radius 3 is 2.78 bits per heavy atom. The number of nitrogens with one attached hydrogen (secondary N) is 2. The maximum Gasteiger partial charge on any atom is 0.325 e. The Bertz CT molecular complexity index is 758. The highest BCUT2D eigenvalue weighted by molar-refractivity contribution is 5.91. The van der Waals surface area contributed by atoms with Gasteiger partial charge in [0.2, 0.25) is 0 Å². The molecule has 2 unspecified atom stereocenters. The molecule has 0 spiro atoms. The van der Waals surface area contributed by atoms with Crippen LogP contribution in [0.4, 0.5) is 10.5 Å². The highest BCUT2D eigenvalue weighted by Gasteiger charge is 2.55. The van der Waals surface area contributed by atoms with E-state index < -0.39 is 17.4 Å². The first-order chi connectivity index (χ1) is 12.9. The van der Waals surface area contributed by atoms with E-state index in [1.165, 1.54) is 0 Å². The predicted molar refractivity (Wildman–Crippen MR) is 99.1 cm³/mol. The van der Waals surface area contributed by atoms with Crippen molar-refractivity contribution >= 4 is 23.7 Å². The Hall–Kier alpha value is -2.83. The molecule has 1 aromatic carbocycles. The van der Waals surface area contributed by atoms with E-state index in [0.29, 0.717) is 25.1 Å². The molecule has 2 amide bonds. The second-order valence-electron chi connectivity index (χ2n) is 7.07. The number of hydrogen-bond acceptors (Lipinski definition) is 5. The molecule has 144 valence electrons. The SMILES string of the molecule is C=C1CC2COC(=O)C2(Cc2ccc(NC(=O)NCC(=O)OCC)cc2)C1. The number of fused-ring (bicyclic) bond motifs is 1. The number of carbonyl (C=O) groups is 3. The third kappa shape index (κ3) is 4.13. The van der Waals surface area contributed by atoms with Gasteiger partial charge in [-0.2, -0.15) is 0 Å². The number of hydrogen-bond donors (Lipinski definition) is 2. The number of ether oxygens (including phenoxy) is 2. The van der Waals surface area contributed by atoms with Gasteiger partial charge in [0.05, 0.1) is 18.6 Å². The summed E-state index contributed by atoms with van der Waals surface area (Å²) >= 11 is 0. The topological polar surface area (TPSA) is 93.7 Å². The van der Waals surface area contributed by atoms with Gasteiger partial charge in [-0.1, -0.05) is 24.3 Å². The highest BCUT2D eigenvalue weighted by Crippen LogP contribution is 2.52. The lowest BCUT2D eigenvalue weighted by Gasteiger charge is -2.24. The third-order valence-corrected chi connectivity index (χ3v) is 5.13. The molecule has 1 saturated carbocycles. The van der Waals surface area contributed by atoms with Crippen molar-refractivity contribution in [2.24, 2.45) is 11.3 Å². The normalized spacial score (nSPS) is 23.5. The zero-order valence-electron chi connectivity index (χ0n) is 15.4. The molecule has 2 atom stereocenters. The van der Waals surface area contributed by atoms with E-state index >= 15 is 0 Å². The molecule has 0 radical (unpaired) electrons. The standard InChI is InChI=1S/C20H24N2O5/c1-3-26-17(23)11-21-19(25)22-16-6-4-14(5-7-16)10-20-9-13(2)8-15(20)12-27-18(20)24/h4-7,15H,2-3,8-12H2,1H3,(H2,21,22,25). The van der Waals surface area contributed by atoms with Gasteiger partial charge in [0.1, 0.15) is 6.54 Å². The summed E-state index contributed by atoms with van der Waals surface area (Å²) in [6.45, 7) is 6.31. The van der Waals surface area contributed by atoms with Crippen molar-refractivity contribution in [3.8, 4) is 0 Å². The van der Waals surface area contributed by atoms with E-state index in [1.807, 2.05) is 12.1 Å². The summed E-state index contributed by atoms with van der Waals surface area (Å²) in [5, 5.41) is 5.09. The van der Waals surface area contributed by atoms with Crippen molar-refractivity contribution in [3.63, 3.8) is 0 Å². The van der Waals surface area contributed by atoms with Crippen molar-refractivity contribution in [2.45, 2.75) is 26.2 Å². The predicted octanol–water partition coefficient (Wildman–Crippen LogP) is 2.42. The first kappa shape index (κ1) is 18.9. The highest BCUT2D eigenvalue weighted by atomic mass is 16.5. The fraction of sp³-hybridized carbons (Fsp3) is 0.450. The van der Waals surface area contributed by atoms with E-state index in [9.17, 15) is 14.4 Å². The summed E-state index contributed by atoms with van der Waals surface area (Å²) in [5.41, 5.74) is 2.21. The quantitative estimate of drug-likeness (QED) is 0.591. The van der Waals surface area contributed by atoms with Gasteiger partial charge in [-0.25, -0.2) is 4.79 Å². The van der Waals surface area contributed by atoms with Crippen LogP contribution in [-0.2, 0) is 25.5 Å². The van der Waals surface area contributed by atoms with Crippen molar-refractivity contribution in [3.05, 3.63) is 42.0 Å². The number of amides is 2. The third-order valence-electron chi connectivity index (χ3n) is 5.13. The van der Waals surface area contributed by atoms with Crippen LogP contribution in [0, 0.1) is 11.3 Å². The molecule has 27 heavy (non-hydrogen) atoms. The molecular formula is C20H24N2O5. The largest absolute Gasteiger partial charge is 0.465 e. The zero-order valence-corrected chi connectivity index (χ0v) is 15.4. The number of rotatable bonds is 6. The summed E-state index contributed by atoms with van der Waals surface area (Å²) in [5.74, 6) is -0.422. The second-order valence-corrected chi connectivity index (χ2v) is 7.07. The van der Waals surface area contributed by atoms with Crippen LogP contribution < -0.4 is 10.6 Å². The van der Waals surface area contributed by atoms with Crippen LogP contribution in [0.1, 0.15) is 25.3 Å². The van der Waals surface area contributed by atoms with E-state index in [0.717, 1.165) is 17.6 Å². The van der Waals surface area contributed by atoms with Gasteiger partial charge in [-0.05, 0) is 43.9 Å². The molecule has 1 aliphatic carbocycles. The number of benzene rings is 1. The average Bonchev–Trinajstić information content (AvgIpc) is 3.10. The minimum absolute atomic E-state index is 0.133. The van der Waals surface area contributed by atoms with Gasteiger partial charge in [-0.3, -0.25) is 9.59 Å². The van der Waals surface area contributed by atoms with Gasteiger partial charge in [0.25, 0.3) is 0 Å². The van der Waals surface area contributed by atoms with Crippen molar-refractivity contribution in [1.29, 1.82) is 0 Å². The lowest BCUT2D eigenvalue weighted by atomic mass is 9.75. The maximum absolute atomic E-state index is 12.3. The minimum Gasteiger partial charge on any atom is -0.465 e. The molecule has 1 aliphatic heterocycles. The smallest absolute Gasteiger partial charge is 0.325 e. The first-order valence-electron chi connectivity index (χ1n) is 9.06. The molecule has 1 saturated heterocycles. The number of urea groups is 1. The average molecular weight is 372 g/mol. The van der Waals surface area contributed by atoms with Gasteiger partial charge in [0.15, 0.2) is 0 Å². The van der Waals surface area contributed by atoms with E-state index in [2.05, 4.69) is 17.2 Å². The molecule has 7 nitrogen and oxygen atoms in total. The van der Waals surface area contributed by atoms with E-state index in [-0.39, 0.29) is 25.0 Å². The summed E-state index contributed by atoms with van der Waals surface area (Å²) < 4.78 is 10.0. The second kappa shape index (κ2) is 7.82. The van der Waals surface area contributed by atoms with Crippen LogP contribution >= 0.6 is 0 Å². The monoisotopic (exact) mass is 372 g/mol. The molecule has 7 heteroatoms. The summed E-state index contributed by atoms with van der Waals surface area (Å²) in [7, 11) is 0. The van der Waals surface area contributed by atoms with Crippen molar-refractivity contribution < 1.29 is 23.9 Å². The lowest BCUT2D eigenvalue weighted by molar-refractivity contribution is -0.146. The number of allylic oxidation sites excluding steroid dienone is 1. The summed E-state index contributed by atoms with van der Waals surface area (Å²) in [6.07, 6.45) is 2.11. The van der Waals surface area contributed by atoms with Crippen LogP contribution in [0.5, 0.6) is 0 Å². The number of cyclic esters (lactones) is 1. The number of anilines is 1. The summed E-state index contributed by atoms with van der Waals surface area (Å²) in [6, 6.07) is 6.84.